The van der Waals surface area contributed by atoms with Gasteiger partial charge in [0.25, 0.3) is 0 Å². The Morgan fingerprint density at radius 2 is 1.23 bits per heavy atom. The predicted molar refractivity (Wildman–Crippen MR) is 194 cm³/mol. The molecule has 0 fully saturated rings. The van der Waals surface area contributed by atoms with E-state index in [4.69, 9.17) is 19.4 Å². The lowest BCUT2D eigenvalue weighted by Gasteiger charge is -2.15. The van der Waals surface area contributed by atoms with Gasteiger partial charge in [0, 0.05) is 47.0 Å². The molecule has 9 heteroatoms. The molecule has 3 aromatic heterocycles. The first-order valence-electron chi connectivity index (χ1n) is 16.9. The van der Waals surface area contributed by atoms with Crippen molar-refractivity contribution in [3.05, 3.63) is 68.8 Å². The molecular weight excluding hydrogens is 602 g/mol. The number of ether oxygens (including phenoxy) is 2. The van der Waals surface area contributed by atoms with E-state index in [-0.39, 0.29) is 24.8 Å². The molecule has 2 aliphatic heterocycles. The molecule has 0 aliphatic carbocycles. The topological polar surface area (TPSA) is 113 Å². The van der Waals surface area contributed by atoms with Crippen LogP contribution in [0.15, 0.2) is 18.2 Å². The maximum absolute atomic E-state index is 12.4. The van der Waals surface area contributed by atoms with E-state index >= 15 is 0 Å². The van der Waals surface area contributed by atoms with Gasteiger partial charge in [-0.15, -0.1) is 0 Å². The van der Waals surface area contributed by atoms with Crippen LogP contribution >= 0.6 is 0 Å². The highest BCUT2D eigenvalue weighted by molar-refractivity contribution is 5.97. The summed E-state index contributed by atoms with van der Waals surface area (Å²) < 4.78 is 10.0. The van der Waals surface area contributed by atoms with Crippen molar-refractivity contribution in [3.8, 4) is 0 Å². The molecule has 0 atom stereocenters. The average molecular weight is 652 g/mol. The summed E-state index contributed by atoms with van der Waals surface area (Å²) in [5.41, 5.74) is 17.6. The number of aryl methyl sites for hydroxylation is 4. The third-order valence-corrected chi connectivity index (χ3v) is 9.82. The number of fused-ring (bicyclic) bond motifs is 8. The lowest BCUT2D eigenvalue weighted by Crippen LogP contribution is -2.14. The summed E-state index contributed by atoms with van der Waals surface area (Å²) in [6.07, 6.45) is 3.22. The monoisotopic (exact) mass is 651 g/mol. The van der Waals surface area contributed by atoms with Gasteiger partial charge in [-0.2, -0.15) is 0 Å². The van der Waals surface area contributed by atoms with Gasteiger partial charge in [-0.1, -0.05) is 13.8 Å². The van der Waals surface area contributed by atoms with Crippen LogP contribution in [0.5, 0.6) is 0 Å². The molecule has 0 spiro atoms. The predicted octanol–water partition coefficient (Wildman–Crippen LogP) is 7.89. The van der Waals surface area contributed by atoms with E-state index in [1.165, 1.54) is 36.5 Å². The number of allylic oxidation sites excluding steroid dienone is 4. The molecule has 0 radical (unpaired) electrons. The number of nitrogens with one attached hydrogen (secondary N) is 2. The van der Waals surface area contributed by atoms with Crippen molar-refractivity contribution in [1.29, 1.82) is 0 Å². The zero-order valence-corrected chi connectivity index (χ0v) is 30.2. The maximum Gasteiger partial charge on any atom is 0.305 e. The van der Waals surface area contributed by atoms with E-state index < -0.39 is 0 Å². The van der Waals surface area contributed by atoms with E-state index in [1.54, 1.807) is 0 Å². The van der Waals surface area contributed by atoms with Gasteiger partial charge in [-0.25, -0.2) is 9.97 Å². The second-order valence-corrected chi connectivity index (χ2v) is 13.0. The highest BCUT2D eigenvalue weighted by atomic mass is 16.5. The standard InChI is InChI=1S/C39H49N5O4/c1-11-25-21(3)30-17-31-23(5)27(13-15-36(45)47-9)34(41-31)19-35-28(14-16-37(46)48-10)24(6)38(43-35)29(20-44(7)8)39-26(12-2)22(4)32(42-39)18-33(25)40-30/h17-19,40-41H,11-16,20H2,1-10H3. The summed E-state index contributed by atoms with van der Waals surface area (Å²) in [6.45, 7) is 13.5. The minimum absolute atomic E-state index is 0.241. The van der Waals surface area contributed by atoms with Crippen LogP contribution in [0.3, 0.4) is 0 Å². The molecule has 0 saturated heterocycles. The molecule has 2 aliphatic rings. The van der Waals surface area contributed by atoms with Crippen LogP contribution in [0.2, 0.25) is 0 Å². The van der Waals surface area contributed by atoms with Crippen LogP contribution in [0.25, 0.3) is 44.4 Å². The molecule has 0 unspecified atom stereocenters. The van der Waals surface area contributed by atoms with Crippen molar-refractivity contribution < 1.29 is 19.1 Å². The first-order valence-corrected chi connectivity index (χ1v) is 16.9. The number of rotatable bonds is 10. The van der Waals surface area contributed by atoms with Crippen molar-refractivity contribution in [3.63, 3.8) is 0 Å². The van der Waals surface area contributed by atoms with Gasteiger partial charge < -0.3 is 24.3 Å². The molecule has 254 valence electrons. The van der Waals surface area contributed by atoms with Crippen LogP contribution in [-0.2, 0) is 38.4 Å². The third kappa shape index (κ3) is 6.61. The van der Waals surface area contributed by atoms with Gasteiger partial charge >= 0.3 is 11.9 Å². The van der Waals surface area contributed by atoms with Crippen molar-refractivity contribution >= 4 is 56.3 Å². The first kappa shape index (κ1) is 34.8. The fourth-order valence-electron chi connectivity index (χ4n) is 7.09. The van der Waals surface area contributed by atoms with Crippen LogP contribution in [0.4, 0.5) is 0 Å². The highest BCUT2D eigenvalue weighted by Crippen LogP contribution is 2.40. The molecule has 0 aromatic carbocycles. The van der Waals surface area contributed by atoms with Gasteiger partial charge in [-0.05, 0) is 130 Å². The number of nitrogens with zero attached hydrogens (tertiary/aromatic N) is 3. The van der Waals surface area contributed by atoms with Crippen LogP contribution in [-0.4, -0.2) is 65.1 Å². The second kappa shape index (κ2) is 14.3. The van der Waals surface area contributed by atoms with Crippen LogP contribution in [0, 0.1) is 13.8 Å². The Hall–Kier alpha value is -4.50. The Morgan fingerprint density at radius 1 is 0.667 bits per heavy atom. The van der Waals surface area contributed by atoms with E-state index in [1.807, 2.05) is 0 Å². The van der Waals surface area contributed by atoms with Gasteiger partial charge in [0.2, 0.25) is 0 Å². The molecule has 48 heavy (non-hydrogen) atoms. The molecule has 5 heterocycles. The summed E-state index contributed by atoms with van der Waals surface area (Å²) >= 11 is 0. The molecule has 3 aromatic rings. The summed E-state index contributed by atoms with van der Waals surface area (Å²) in [6, 6.07) is 6.44. The number of aromatic amines is 2. The minimum Gasteiger partial charge on any atom is -0.469 e. The zero-order valence-electron chi connectivity index (χ0n) is 30.2. The van der Waals surface area contributed by atoms with Crippen LogP contribution in [0.1, 0.15) is 104 Å². The summed E-state index contributed by atoms with van der Waals surface area (Å²) in [4.78, 5) is 44.9. The quantitative estimate of drug-likeness (QED) is 0.214. The van der Waals surface area contributed by atoms with Crippen molar-refractivity contribution in [2.75, 3.05) is 28.3 Å². The van der Waals surface area contributed by atoms with E-state index in [0.717, 1.165) is 85.5 Å². The summed E-state index contributed by atoms with van der Waals surface area (Å²) in [7, 11) is 6.97. The number of methoxy groups -OCH3 is 2. The fourth-order valence-corrected chi connectivity index (χ4v) is 7.09. The average Bonchev–Trinajstić information content (AvgIpc) is 3.73. The van der Waals surface area contributed by atoms with Crippen molar-refractivity contribution in [2.45, 2.75) is 86.6 Å². The number of hydrogen-bond donors (Lipinski definition) is 2. The van der Waals surface area contributed by atoms with Crippen LogP contribution < -0.4 is 0 Å². The number of hydrogen-bond acceptors (Lipinski definition) is 7. The largest absolute Gasteiger partial charge is 0.469 e. The number of carbonyl (C=O) groups is 2. The molecule has 5 rings (SSSR count). The fraction of sp³-hybridized carbons (Fsp3) is 0.436. The van der Waals surface area contributed by atoms with E-state index in [2.05, 4.69) is 88.7 Å². The number of carbonyl (C=O) groups excluding carboxylic acids is 2. The third-order valence-electron chi connectivity index (χ3n) is 9.82. The first-order chi connectivity index (χ1) is 22.9. The smallest absolute Gasteiger partial charge is 0.305 e. The summed E-state index contributed by atoms with van der Waals surface area (Å²) in [5, 5.41) is 0. The number of esters is 2. The van der Waals surface area contributed by atoms with Gasteiger partial charge in [-0.3, -0.25) is 9.59 Å². The SMILES string of the molecule is CCC1=C(C)c2cc3[nH]c(cc4[nH]c(cc5nc(c(CN(C)C)c1n2)C(C)=C5CCC(=O)OC)c(CCC(=O)OC)c4C)c(C)c3CC. The highest BCUT2D eigenvalue weighted by Gasteiger charge is 2.26. The van der Waals surface area contributed by atoms with Gasteiger partial charge in [0.15, 0.2) is 0 Å². The molecular formula is C39H49N5O4. The Bertz CT molecular complexity index is 2010. The number of H-pyrrole nitrogens is 2. The Morgan fingerprint density at radius 3 is 1.81 bits per heavy atom. The lowest BCUT2D eigenvalue weighted by molar-refractivity contribution is -0.141. The molecule has 0 saturated carbocycles. The minimum atomic E-state index is -0.265. The van der Waals surface area contributed by atoms with Gasteiger partial charge in [0.05, 0.1) is 37.0 Å². The maximum atomic E-state index is 12.4. The second-order valence-electron chi connectivity index (χ2n) is 13.0. The van der Waals surface area contributed by atoms with Gasteiger partial charge in [0.1, 0.15) is 0 Å². The Kier molecular flexibility index (Phi) is 10.4. The summed E-state index contributed by atoms with van der Waals surface area (Å²) in [5.74, 6) is -0.521. The zero-order chi connectivity index (χ0) is 34.9. The Labute approximate surface area is 283 Å². The normalized spacial score (nSPS) is 13.1. The van der Waals surface area contributed by atoms with Crippen molar-refractivity contribution in [2.24, 2.45) is 0 Å². The van der Waals surface area contributed by atoms with Crippen molar-refractivity contribution in [1.82, 2.24) is 24.8 Å². The molecule has 8 bridgehead atoms. The molecule has 9 nitrogen and oxygen atoms in total. The lowest BCUT2D eigenvalue weighted by atomic mass is 9.95. The molecule has 0 amide bonds. The Balaban J connectivity index is 1.98. The molecule has 2 N–H and O–H groups in total. The van der Waals surface area contributed by atoms with E-state index in [0.29, 0.717) is 19.4 Å². The van der Waals surface area contributed by atoms with E-state index in [9.17, 15) is 9.59 Å². The number of aromatic nitrogens is 4.